The predicted molar refractivity (Wildman–Crippen MR) is 93.0 cm³/mol. The second-order valence-electron chi connectivity index (χ2n) is 6.08. The van der Waals surface area contributed by atoms with Crippen LogP contribution in [0.1, 0.15) is 39.7 Å². The summed E-state index contributed by atoms with van der Waals surface area (Å²) < 4.78 is 0. The van der Waals surface area contributed by atoms with Gasteiger partial charge >= 0.3 is 6.03 Å². The Hall–Kier alpha value is -2.08. The largest absolute Gasteiger partial charge is 0.351 e. The first kappa shape index (κ1) is 19.0. The molecule has 0 aromatic heterocycles. The lowest BCUT2D eigenvalue weighted by Gasteiger charge is -2.17. The number of carbonyl (C=O) groups is 2. The second kappa shape index (κ2) is 9.15. The number of carbonyl (C=O) groups excluding carboxylic acids is 2. The minimum absolute atomic E-state index is 0.0826. The number of anilines is 1. The van der Waals surface area contributed by atoms with Crippen LogP contribution in [-0.2, 0) is 11.3 Å². The van der Waals surface area contributed by atoms with Crippen molar-refractivity contribution in [2.24, 2.45) is 11.7 Å². The van der Waals surface area contributed by atoms with E-state index in [1.54, 1.807) is 12.1 Å². The third kappa shape index (κ3) is 6.69. The molecule has 0 heterocycles. The second-order valence-corrected chi connectivity index (χ2v) is 6.08. The number of hydrogen-bond acceptors (Lipinski definition) is 3. The zero-order chi connectivity index (χ0) is 17.4. The highest BCUT2D eigenvalue weighted by Crippen LogP contribution is 2.10. The summed E-state index contributed by atoms with van der Waals surface area (Å²) >= 11 is 0. The fourth-order valence-electron chi connectivity index (χ4n) is 1.95. The molecule has 6 nitrogen and oxygen atoms in total. The van der Waals surface area contributed by atoms with Crippen LogP contribution in [0.25, 0.3) is 0 Å². The van der Waals surface area contributed by atoms with E-state index in [2.05, 4.69) is 16.0 Å². The van der Waals surface area contributed by atoms with Crippen molar-refractivity contribution in [1.82, 2.24) is 10.6 Å². The standard InChI is InChI=1S/C17H28N4O2/c1-5-12(4)15(18)16(22)19-10-13-6-8-14(9-7-13)21-17(23)20-11(2)3/h6-9,11-12,15H,5,10,18H2,1-4H3,(H,19,22)(H2,20,21,23). The Bertz CT molecular complexity index is 514. The van der Waals surface area contributed by atoms with Gasteiger partial charge in [-0.1, -0.05) is 32.4 Å². The number of urea groups is 1. The Morgan fingerprint density at radius 2 is 1.74 bits per heavy atom. The van der Waals surface area contributed by atoms with Gasteiger partial charge in [-0.25, -0.2) is 4.79 Å². The maximum atomic E-state index is 11.9. The highest BCUT2D eigenvalue weighted by molar-refractivity contribution is 5.89. The van der Waals surface area contributed by atoms with Gasteiger partial charge in [0.05, 0.1) is 6.04 Å². The molecule has 0 fully saturated rings. The first-order chi connectivity index (χ1) is 10.8. The maximum absolute atomic E-state index is 11.9. The molecule has 6 heteroatoms. The van der Waals surface area contributed by atoms with E-state index in [0.29, 0.717) is 12.2 Å². The average Bonchev–Trinajstić information content (AvgIpc) is 2.51. The molecule has 1 rings (SSSR count). The molecule has 23 heavy (non-hydrogen) atoms. The van der Waals surface area contributed by atoms with E-state index in [-0.39, 0.29) is 23.9 Å². The Morgan fingerprint density at radius 3 is 2.26 bits per heavy atom. The van der Waals surface area contributed by atoms with Crippen LogP contribution in [0.2, 0.25) is 0 Å². The van der Waals surface area contributed by atoms with Crippen molar-refractivity contribution in [3.8, 4) is 0 Å². The van der Waals surface area contributed by atoms with Gasteiger partial charge in [0.1, 0.15) is 0 Å². The number of nitrogens with one attached hydrogen (secondary N) is 3. The Balaban J connectivity index is 2.48. The highest BCUT2D eigenvalue weighted by atomic mass is 16.2. The summed E-state index contributed by atoms with van der Waals surface area (Å²) in [6.45, 7) is 8.19. The number of nitrogens with two attached hydrogens (primary N) is 1. The summed E-state index contributed by atoms with van der Waals surface area (Å²) in [6, 6.07) is 6.69. The number of benzene rings is 1. The van der Waals surface area contributed by atoms with Crippen LogP contribution in [0.5, 0.6) is 0 Å². The van der Waals surface area contributed by atoms with Gasteiger partial charge in [-0.2, -0.15) is 0 Å². The van der Waals surface area contributed by atoms with Gasteiger partial charge in [0, 0.05) is 18.3 Å². The molecular weight excluding hydrogens is 292 g/mol. The van der Waals surface area contributed by atoms with E-state index in [1.165, 1.54) is 0 Å². The van der Waals surface area contributed by atoms with E-state index in [0.717, 1.165) is 12.0 Å². The van der Waals surface area contributed by atoms with Crippen molar-refractivity contribution in [1.29, 1.82) is 0 Å². The molecule has 0 bridgehead atoms. The van der Waals surface area contributed by atoms with E-state index in [1.807, 2.05) is 39.8 Å². The molecule has 0 aliphatic carbocycles. The van der Waals surface area contributed by atoms with Crippen molar-refractivity contribution in [2.75, 3.05) is 5.32 Å². The fourth-order valence-corrected chi connectivity index (χ4v) is 1.95. The van der Waals surface area contributed by atoms with E-state index in [4.69, 9.17) is 5.73 Å². The minimum Gasteiger partial charge on any atom is -0.351 e. The minimum atomic E-state index is -0.485. The SMILES string of the molecule is CCC(C)C(N)C(=O)NCc1ccc(NC(=O)NC(C)C)cc1. The Morgan fingerprint density at radius 1 is 1.13 bits per heavy atom. The van der Waals surface area contributed by atoms with Gasteiger partial charge in [-0.3, -0.25) is 4.79 Å². The molecule has 1 aromatic rings. The van der Waals surface area contributed by atoms with Crippen LogP contribution in [0, 0.1) is 5.92 Å². The van der Waals surface area contributed by atoms with E-state index in [9.17, 15) is 9.59 Å². The maximum Gasteiger partial charge on any atom is 0.319 e. The van der Waals surface area contributed by atoms with Gasteiger partial charge in [0.15, 0.2) is 0 Å². The smallest absolute Gasteiger partial charge is 0.319 e. The molecule has 0 aliphatic rings. The summed E-state index contributed by atoms with van der Waals surface area (Å²) in [6.07, 6.45) is 0.868. The normalized spacial score (nSPS) is 13.3. The van der Waals surface area contributed by atoms with E-state index < -0.39 is 6.04 Å². The van der Waals surface area contributed by atoms with Gasteiger partial charge in [0.2, 0.25) is 5.91 Å². The van der Waals surface area contributed by atoms with Crippen LogP contribution in [-0.4, -0.2) is 24.0 Å². The first-order valence-corrected chi connectivity index (χ1v) is 8.03. The number of amides is 3. The lowest BCUT2D eigenvalue weighted by atomic mass is 9.99. The fraction of sp³-hybridized carbons (Fsp3) is 0.529. The third-order valence-corrected chi connectivity index (χ3v) is 3.66. The molecular formula is C17H28N4O2. The Kier molecular flexibility index (Phi) is 7.54. The van der Waals surface area contributed by atoms with Crippen LogP contribution >= 0.6 is 0 Å². The molecule has 2 unspecified atom stereocenters. The van der Waals surface area contributed by atoms with Gasteiger partial charge in [0.25, 0.3) is 0 Å². The zero-order valence-electron chi connectivity index (χ0n) is 14.3. The molecule has 0 aliphatic heterocycles. The quantitative estimate of drug-likeness (QED) is 0.620. The summed E-state index contributed by atoms with van der Waals surface area (Å²) in [5.41, 5.74) is 7.54. The zero-order valence-corrected chi connectivity index (χ0v) is 14.3. The van der Waals surface area contributed by atoms with Crippen LogP contribution < -0.4 is 21.7 Å². The first-order valence-electron chi connectivity index (χ1n) is 8.03. The van der Waals surface area contributed by atoms with Gasteiger partial charge in [-0.15, -0.1) is 0 Å². The molecule has 1 aromatic carbocycles. The summed E-state index contributed by atoms with van der Waals surface area (Å²) in [5.74, 6) is 0.0129. The molecule has 5 N–H and O–H groups in total. The summed E-state index contributed by atoms with van der Waals surface area (Å²) in [5, 5.41) is 8.34. The van der Waals surface area contributed by atoms with Crippen LogP contribution in [0.3, 0.4) is 0 Å². The van der Waals surface area contributed by atoms with Crippen molar-refractivity contribution < 1.29 is 9.59 Å². The number of rotatable bonds is 7. The van der Waals surface area contributed by atoms with Gasteiger partial charge in [-0.05, 0) is 37.5 Å². The van der Waals surface area contributed by atoms with Crippen LogP contribution in [0.15, 0.2) is 24.3 Å². The number of hydrogen-bond donors (Lipinski definition) is 4. The van der Waals surface area contributed by atoms with Gasteiger partial charge < -0.3 is 21.7 Å². The van der Waals surface area contributed by atoms with Crippen molar-refractivity contribution in [3.05, 3.63) is 29.8 Å². The monoisotopic (exact) mass is 320 g/mol. The molecule has 0 saturated heterocycles. The topological polar surface area (TPSA) is 96.2 Å². The van der Waals surface area contributed by atoms with E-state index >= 15 is 0 Å². The van der Waals surface area contributed by atoms with Crippen molar-refractivity contribution in [3.63, 3.8) is 0 Å². The third-order valence-electron chi connectivity index (χ3n) is 3.66. The molecule has 0 radical (unpaired) electrons. The molecule has 2 atom stereocenters. The highest BCUT2D eigenvalue weighted by Gasteiger charge is 2.18. The van der Waals surface area contributed by atoms with Crippen LogP contribution in [0.4, 0.5) is 10.5 Å². The molecule has 0 spiro atoms. The summed E-state index contributed by atoms with van der Waals surface area (Å²) in [4.78, 5) is 23.5. The summed E-state index contributed by atoms with van der Waals surface area (Å²) in [7, 11) is 0. The average molecular weight is 320 g/mol. The van der Waals surface area contributed by atoms with Crippen molar-refractivity contribution >= 4 is 17.6 Å². The predicted octanol–water partition coefficient (Wildman–Crippen LogP) is 2.21. The molecule has 3 amide bonds. The lowest BCUT2D eigenvalue weighted by Crippen LogP contribution is -2.44. The lowest BCUT2D eigenvalue weighted by molar-refractivity contribution is -0.123. The Labute approximate surface area is 138 Å². The van der Waals surface area contributed by atoms with Crippen molar-refractivity contribution in [2.45, 2.75) is 52.7 Å². The molecule has 128 valence electrons. The molecule has 0 saturated carbocycles.